The van der Waals surface area contributed by atoms with E-state index in [4.69, 9.17) is 9.47 Å². The van der Waals surface area contributed by atoms with Crippen molar-refractivity contribution >= 4 is 0 Å². The van der Waals surface area contributed by atoms with Crippen molar-refractivity contribution in [1.29, 1.82) is 0 Å². The van der Waals surface area contributed by atoms with E-state index in [-0.39, 0.29) is 0 Å². The first-order valence-corrected chi connectivity index (χ1v) is 7.20. The molecule has 0 aliphatic carbocycles. The van der Waals surface area contributed by atoms with Gasteiger partial charge in [0.15, 0.2) is 0 Å². The first-order valence-electron chi connectivity index (χ1n) is 7.20. The molecule has 0 fully saturated rings. The van der Waals surface area contributed by atoms with E-state index in [9.17, 15) is 0 Å². The van der Waals surface area contributed by atoms with Gasteiger partial charge in [0.05, 0.1) is 13.7 Å². The third-order valence-electron chi connectivity index (χ3n) is 3.12. The summed E-state index contributed by atoms with van der Waals surface area (Å²) in [5.74, 6) is 0.639. The Bertz CT molecular complexity index is 517. The van der Waals surface area contributed by atoms with Gasteiger partial charge in [-0.1, -0.05) is 30.3 Å². The molecule has 112 valence electrons. The van der Waals surface area contributed by atoms with Crippen LogP contribution >= 0.6 is 0 Å². The van der Waals surface area contributed by atoms with Crippen molar-refractivity contribution in [1.82, 2.24) is 10.3 Å². The predicted octanol–water partition coefficient (Wildman–Crippen LogP) is 2.79. The van der Waals surface area contributed by atoms with Gasteiger partial charge in [0.2, 0.25) is 5.88 Å². The monoisotopic (exact) mass is 286 g/mol. The largest absolute Gasteiger partial charge is 0.481 e. The molecule has 0 atom stereocenters. The second-order valence-electron chi connectivity index (χ2n) is 4.74. The van der Waals surface area contributed by atoms with Gasteiger partial charge in [0.1, 0.15) is 0 Å². The molecule has 0 spiro atoms. The van der Waals surface area contributed by atoms with Gasteiger partial charge >= 0.3 is 0 Å². The van der Waals surface area contributed by atoms with Crippen LogP contribution in [0.1, 0.15) is 17.5 Å². The highest BCUT2D eigenvalue weighted by molar-refractivity contribution is 5.24. The van der Waals surface area contributed by atoms with E-state index in [1.807, 2.05) is 18.2 Å². The smallest absolute Gasteiger partial charge is 0.218 e. The van der Waals surface area contributed by atoms with Crippen molar-refractivity contribution in [3.63, 3.8) is 0 Å². The standard InChI is InChI=1S/C17H22N2O2/c1-20-17-16(9-5-11-19-17)14-21-12-6-10-18-13-15-7-3-2-4-8-15/h2-5,7-9,11,18H,6,10,12-14H2,1H3. The van der Waals surface area contributed by atoms with Crippen LogP contribution in [0.5, 0.6) is 5.88 Å². The zero-order valence-corrected chi connectivity index (χ0v) is 12.4. The number of ether oxygens (including phenoxy) is 2. The van der Waals surface area contributed by atoms with Gasteiger partial charge in [-0.3, -0.25) is 0 Å². The minimum Gasteiger partial charge on any atom is -0.481 e. The van der Waals surface area contributed by atoms with Gasteiger partial charge in [-0.15, -0.1) is 0 Å². The first-order chi connectivity index (χ1) is 10.4. The second-order valence-corrected chi connectivity index (χ2v) is 4.74. The molecular weight excluding hydrogens is 264 g/mol. The van der Waals surface area contributed by atoms with E-state index in [0.29, 0.717) is 12.5 Å². The molecule has 4 nitrogen and oxygen atoms in total. The maximum Gasteiger partial charge on any atom is 0.218 e. The van der Waals surface area contributed by atoms with Crippen LogP contribution in [0.15, 0.2) is 48.7 Å². The lowest BCUT2D eigenvalue weighted by molar-refractivity contribution is 0.116. The summed E-state index contributed by atoms with van der Waals surface area (Å²) in [6.45, 7) is 3.10. The van der Waals surface area contributed by atoms with Crippen LogP contribution in [0.4, 0.5) is 0 Å². The van der Waals surface area contributed by atoms with Crippen molar-refractivity contribution < 1.29 is 9.47 Å². The van der Waals surface area contributed by atoms with Crippen molar-refractivity contribution in [2.45, 2.75) is 19.6 Å². The summed E-state index contributed by atoms with van der Waals surface area (Å²) in [7, 11) is 1.62. The Kier molecular flexibility index (Phi) is 6.71. The van der Waals surface area contributed by atoms with Crippen LogP contribution in [0.3, 0.4) is 0 Å². The first kappa shape index (κ1) is 15.5. The quantitative estimate of drug-likeness (QED) is 0.720. The molecule has 4 heteroatoms. The molecule has 1 aromatic carbocycles. The second kappa shape index (κ2) is 9.10. The Labute approximate surface area is 126 Å². The number of nitrogens with zero attached hydrogens (tertiary/aromatic N) is 1. The highest BCUT2D eigenvalue weighted by atomic mass is 16.5. The molecule has 21 heavy (non-hydrogen) atoms. The molecule has 2 rings (SSSR count). The Morgan fingerprint density at radius 1 is 1.10 bits per heavy atom. The van der Waals surface area contributed by atoms with Crippen molar-refractivity contribution in [3.8, 4) is 5.88 Å². The van der Waals surface area contributed by atoms with Crippen molar-refractivity contribution in [2.75, 3.05) is 20.3 Å². The summed E-state index contributed by atoms with van der Waals surface area (Å²) in [4.78, 5) is 4.14. The normalized spacial score (nSPS) is 10.5. The van der Waals surface area contributed by atoms with Crippen LogP contribution in [0.2, 0.25) is 0 Å². The average molecular weight is 286 g/mol. The predicted molar refractivity (Wildman–Crippen MR) is 83.2 cm³/mol. The number of benzene rings is 1. The molecular formula is C17H22N2O2. The maximum atomic E-state index is 5.65. The fourth-order valence-corrected chi connectivity index (χ4v) is 2.03. The summed E-state index contributed by atoms with van der Waals surface area (Å²) >= 11 is 0. The molecule has 0 saturated carbocycles. The Morgan fingerprint density at radius 3 is 2.76 bits per heavy atom. The van der Waals surface area contributed by atoms with Crippen LogP contribution in [-0.4, -0.2) is 25.2 Å². The van der Waals surface area contributed by atoms with Crippen LogP contribution in [0.25, 0.3) is 0 Å². The average Bonchev–Trinajstić information content (AvgIpc) is 2.55. The van der Waals surface area contributed by atoms with E-state index in [2.05, 4.69) is 34.6 Å². The molecule has 0 aliphatic heterocycles. The van der Waals surface area contributed by atoms with Gasteiger partial charge in [-0.05, 0) is 30.7 Å². The number of aromatic nitrogens is 1. The van der Waals surface area contributed by atoms with Gasteiger partial charge < -0.3 is 14.8 Å². The highest BCUT2D eigenvalue weighted by Gasteiger charge is 2.02. The van der Waals surface area contributed by atoms with Crippen LogP contribution in [0, 0.1) is 0 Å². The summed E-state index contributed by atoms with van der Waals surface area (Å²) < 4.78 is 10.8. The minimum absolute atomic E-state index is 0.537. The van der Waals surface area contributed by atoms with E-state index >= 15 is 0 Å². The SMILES string of the molecule is COc1ncccc1COCCCNCc1ccccc1. The molecule has 0 amide bonds. The molecule has 0 unspecified atom stereocenters. The number of hydrogen-bond donors (Lipinski definition) is 1. The number of methoxy groups -OCH3 is 1. The number of pyridine rings is 1. The van der Waals surface area contributed by atoms with Crippen LogP contribution in [-0.2, 0) is 17.9 Å². The molecule has 2 aromatic rings. The zero-order chi connectivity index (χ0) is 14.8. The molecule has 0 saturated heterocycles. The molecule has 0 aliphatic rings. The summed E-state index contributed by atoms with van der Waals surface area (Å²) in [6.07, 6.45) is 2.70. The van der Waals surface area contributed by atoms with Gasteiger partial charge in [0, 0.05) is 24.9 Å². The molecule has 0 bridgehead atoms. The molecule has 1 N–H and O–H groups in total. The Hall–Kier alpha value is -1.91. The Morgan fingerprint density at radius 2 is 1.95 bits per heavy atom. The van der Waals surface area contributed by atoms with Gasteiger partial charge in [0.25, 0.3) is 0 Å². The van der Waals surface area contributed by atoms with Gasteiger partial charge in [-0.25, -0.2) is 4.98 Å². The topological polar surface area (TPSA) is 43.4 Å². The minimum atomic E-state index is 0.537. The fraction of sp³-hybridized carbons (Fsp3) is 0.353. The summed E-state index contributed by atoms with van der Waals surface area (Å²) in [6, 6.07) is 14.3. The highest BCUT2D eigenvalue weighted by Crippen LogP contribution is 2.14. The third-order valence-corrected chi connectivity index (χ3v) is 3.12. The maximum absolute atomic E-state index is 5.65. The third kappa shape index (κ3) is 5.53. The van der Waals surface area contributed by atoms with Crippen molar-refractivity contribution in [3.05, 3.63) is 59.8 Å². The lowest BCUT2D eigenvalue weighted by Gasteiger charge is -2.08. The zero-order valence-electron chi connectivity index (χ0n) is 12.4. The van der Waals surface area contributed by atoms with Crippen molar-refractivity contribution in [2.24, 2.45) is 0 Å². The number of rotatable bonds is 9. The van der Waals surface area contributed by atoms with E-state index in [1.165, 1.54) is 5.56 Å². The summed E-state index contributed by atoms with van der Waals surface area (Å²) in [5.41, 5.74) is 2.29. The Balaban J connectivity index is 1.56. The van der Waals surface area contributed by atoms with Gasteiger partial charge in [-0.2, -0.15) is 0 Å². The lowest BCUT2D eigenvalue weighted by Crippen LogP contribution is -2.16. The van der Waals surface area contributed by atoms with E-state index < -0.39 is 0 Å². The fourth-order valence-electron chi connectivity index (χ4n) is 2.03. The lowest BCUT2D eigenvalue weighted by atomic mass is 10.2. The number of nitrogens with one attached hydrogen (secondary N) is 1. The van der Waals surface area contributed by atoms with E-state index in [0.717, 1.165) is 31.7 Å². The molecule has 1 heterocycles. The van der Waals surface area contributed by atoms with Crippen LogP contribution < -0.4 is 10.1 Å². The number of hydrogen-bond acceptors (Lipinski definition) is 4. The summed E-state index contributed by atoms with van der Waals surface area (Å²) in [5, 5.41) is 3.41. The molecule has 1 aromatic heterocycles. The molecule has 0 radical (unpaired) electrons. The van der Waals surface area contributed by atoms with E-state index in [1.54, 1.807) is 13.3 Å².